The molecule has 0 amide bonds. The highest BCUT2D eigenvalue weighted by Gasteiger charge is 2.17. The minimum Gasteiger partial charge on any atom is -0.253 e. The summed E-state index contributed by atoms with van der Waals surface area (Å²) in [6.07, 6.45) is 0. The normalized spacial score (nSPS) is 12.0. The van der Waals surface area contributed by atoms with E-state index in [4.69, 9.17) is 0 Å². The van der Waals surface area contributed by atoms with Gasteiger partial charge in [0.15, 0.2) is 0 Å². The molecule has 0 unspecified atom stereocenters. The number of para-hydroxylation sites is 1. The van der Waals surface area contributed by atoms with Crippen LogP contribution in [0.5, 0.6) is 0 Å². The Labute approximate surface area is 91.2 Å². The van der Waals surface area contributed by atoms with Gasteiger partial charge in [0.25, 0.3) is 0 Å². The first-order valence-electron chi connectivity index (χ1n) is 5.35. The third-order valence-corrected chi connectivity index (χ3v) is 2.72. The average Bonchev–Trinajstić information content (AvgIpc) is 2.15. The molecule has 78 valence electrons. The molecule has 1 heterocycles. The Morgan fingerprint density at radius 3 is 2.40 bits per heavy atom. The third-order valence-electron chi connectivity index (χ3n) is 2.72. The summed E-state index contributed by atoms with van der Waals surface area (Å²) in [5.41, 5.74) is 3.73. The molecular formula is C14H17N. The van der Waals surface area contributed by atoms with E-state index in [1.165, 1.54) is 10.9 Å². The van der Waals surface area contributed by atoms with Crippen molar-refractivity contribution in [3.63, 3.8) is 0 Å². The lowest BCUT2D eigenvalue weighted by molar-refractivity contribution is 0.583. The minimum atomic E-state index is 0.168. The Balaban J connectivity index is 2.73. The lowest BCUT2D eigenvalue weighted by atomic mass is 9.85. The lowest BCUT2D eigenvalue weighted by Crippen LogP contribution is -2.13. The first-order valence-corrected chi connectivity index (χ1v) is 5.35. The first kappa shape index (κ1) is 10.2. The van der Waals surface area contributed by atoms with Crippen molar-refractivity contribution in [2.45, 2.75) is 33.1 Å². The van der Waals surface area contributed by atoms with Gasteiger partial charge in [0.2, 0.25) is 0 Å². The van der Waals surface area contributed by atoms with Crippen LogP contribution in [0.4, 0.5) is 0 Å². The second-order valence-corrected chi connectivity index (χ2v) is 5.06. The molecule has 0 aliphatic heterocycles. The number of pyridine rings is 1. The van der Waals surface area contributed by atoms with Crippen LogP contribution in [0, 0.1) is 6.92 Å². The standard InChI is InChI=1S/C14H17N/c1-10-12(14(2,3)4)9-11-7-5-6-8-13(11)15-10/h5-9H,1-4H3. The number of rotatable bonds is 0. The van der Waals surface area contributed by atoms with Gasteiger partial charge in [0.05, 0.1) is 5.52 Å². The van der Waals surface area contributed by atoms with Crippen LogP contribution in [-0.2, 0) is 5.41 Å². The van der Waals surface area contributed by atoms with Crippen molar-refractivity contribution in [1.29, 1.82) is 0 Å². The van der Waals surface area contributed by atoms with Gasteiger partial charge >= 0.3 is 0 Å². The Bertz CT molecular complexity index is 492. The molecule has 0 saturated carbocycles. The molecule has 0 spiro atoms. The van der Waals surface area contributed by atoms with Crippen molar-refractivity contribution in [2.24, 2.45) is 0 Å². The summed E-state index contributed by atoms with van der Waals surface area (Å²) in [4.78, 5) is 4.64. The monoisotopic (exact) mass is 199 g/mol. The summed E-state index contributed by atoms with van der Waals surface area (Å²) in [5.74, 6) is 0. The van der Waals surface area contributed by atoms with Crippen LogP contribution in [0.1, 0.15) is 32.0 Å². The van der Waals surface area contributed by atoms with Crippen LogP contribution in [-0.4, -0.2) is 4.98 Å². The van der Waals surface area contributed by atoms with Crippen LogP contribution in [0.2, 0.25) is 0 Å². The van der Waals surface area contributed by atoms with Crippen molar-refractivity contribution in [1.82, 2.24) is 4.98 Å². The number of fused-ring (bicyclic) bond motifs is 1. The summed E-state index contributed by atoms with van der Waals surface area (Å²) < 4.78 is 0. The largest absolute Gasteiger partial charge is 0.253 e. The quantitative estimate of drug-likeness (QED) is 0.628. The second kappa shape index (κ2) is 3.34. The van der Waals surface area contributed by atoms with Gasteiger partial charge in [-0.05, 0) is 30.0 Å². The summed E-state index contributed by atoms with van der Waals surface area (Å²) in [6.45, 7) is 8.77. The van der Waals surface area contributed by atoms with Gasteiger partial charge in [-0.3, -0.25) is 4.98 Å². The topological polar surface area (TPSA) is 12.9 Å². The Morgan fingerprint density at radius 1 is 1.07 bits per heavy atom. The summed E-state index contributed by atoms with van der Waals surface area (Å²) in [5, 5.41) is 1.23. The minimum absolute atomic E-state index is 0.168. The SMILES string of the molecule is Cc1nc2ccccc2cc1C(C)(C)C. The zero-order valence-corrected chi connectivity index (χ0v) is 9.83. The van der Waals surface area contributed by atoms with Crippen LogP contribution >= 0.6 is 0 Å². The smallest absolute Gasteiger partial charge is 0.0705 e. The Morgan fingerprint density at radius 2 is 1.73 bits per heavy atom. The maximum Gasteiger partial charge on any atom is 0.0705 e. The highest BCUT2D eigenvalue weighted by atomic mass is 14.7. The zero-order chi connectivity index (χ0) is 11.1. The third kappa shape index (κ3) is 1.87. The van der Waals surface area contributed by atoms with Crippen LogP contribution in [0.3, 0.4) is 0 Å². The number of hydrogen-bond acceptors (Lipinski definition) is 1. The van der Waals surface area contributed by atoms with E-state index in [1.54, 1.807) is 0 Å². The van der Waals surface area contributed by atoms with Gasteiger partial charge in [0.1, 0.15) is 0 Å². The molecule has 2 aromatic rings. The van der Waals surface area contributed by atoms with Crippen molar-refractivity contribution >= 4 is 10.9 Å². The first-order chi connectivity index (χ1) is 6.98. The van der Waals surface area contributed by atoms with E-state index in [-0.39, 0.29) is 5.41 Å². The number of hydrogen-bond donors (Lipinski definition) is 0. The fourth-order valence-electron chi connectivity index (χ4n) is 1.97. The maximum atomic E-state index is 4.64. The number of benzene rings is 1. The van der Waals surface area contributed by atoms with Gasteiger partial charge < -0.3 is 0 Å². The lowest BCUT2D eigenvalue weighted by Gasteiger charge is -2.21. The van der Waals surface area contributed by atoms with E-state index >= 15 is 0 Å². The van der Waals surface area contributed by atoms with E-state index in [0.717, 1.165) is 11.2 Å². The van der Waals surface area contributed by atoms with Gasteiger partial charge in [0, 0.05) is 11.1 Å². The molecule has 15 heavy (non-hydrogen) atoms. The molecule has 0 atom stereocenters. The summed E-state index contributed by atoms with van der Waals surface area (Å²) >= 11 is 0. The second-order valence-electron chi connectivity index (χ2n) is 5.06. The summed E-state index contributed by atoms with van der Waals surface area (Å²) in [7, 11) is 0. The van der Waals surface area contributed by atoms with Crippen molar-refractivity contribution in [2.75, 3.05) is 0 Å². The van der Waals surface area contributed by atoms with Gasteiger partial charge in [-0.25, -0.2) is 0 Å². The fourth-order valence-corrected chi connectivity index (χ4v) is 1.97. The van der Waals surface area contributed by atoms with E-state index in [9.17, 15) is 0 Å². The molecule has 0 aliphatic rings. The summed E-state index contributed by atoms with van der Waals surface area (Å²) in [6, 6.07) is 10.5. The molecule has 1 nitrogen and oxygen atoms in total. The highest BCUT2D eigenvalue weighted by Crippen LogP contribution is 2.27. The predicted octanol–water partition coefficient (Wildman–Crippen LogP) is 3.84. The van der Waals surface area contributed by atoms with Crippen LogP contribution in [0.25, 0.3) is 10.9 Å². The van der Waals surface area contributed by atoms with Gasteiger partial charge in [-0.2, -0.15) is 0 Å². The number of aromatic nitrogens is 1. The Hall–Kier alpha value is -1.37. The highest BCUT2D eigenvalue weighted by molar-refractivity contribution is 5.79. The fraction of sp³-hybridized carbons (Fsp3) is 0.357. The molecule has 0 radical (unpaired) electrons. The maximum absolute atomic E-state index is 4.64. The van der Waals surface area contributed by atoms with Crippen molar-refractivity contribution in [3.05, 3.63) is 41.6 Å². The molecule has 2 rings (SSSR count). The molecule has 1 aromatic heterocycles. The zero-order valence-electron chi connectivity index (χ0n) is 9.83. The molecule has 1 heteroatoms. The molecule has 1 aromatic carbocycles. The molecule has 0 saturated heterocycles. The predicted molar refractivity (Wildman–Crippen MR) is 65.2 cm³/mol. The van der Waals surface area contributed by atoms with Crippen molar-refractivity contribution < 1.29 is 0 Å². The molecule has 0 aliphatic carbocycles. The Kier molecular flexibility index (Phi) is 2.26. The van der Waals surface area contributed by atoms with E-state index < -0.39 is 0 Å². The van der Waals surface area contributed by atoms with Gasteiger partial charge in [-0.15, -0.1) is 0 Å². The van der Waals surface area contributed by atoms with Gasteiger partial charge in [-0.1, -0.05) is 39.0 Å². The van der Waals surface area contributed by atoms with E-state index in [2.05, 4.69) is 56.9 Å². The van der Waals surface area contributed by atoms with Crippen LogP contribution < -0.4 is 0 Å². The van der Waals surface area contributed by atoms with Crippen LogP contribution in [0.15, 0.2) is 30.3 Å². The molecule has 0 N–H and O–H groups in total. The number of nitrogens with zero attached hydrogens (tertiary/aromatic N) is 1. The number of aryl methyl sites for hydroxylation is 1. The molecular weight excluding hydrogens is 182 g/mol. The molecule has 0 bridgehead atoms. The average molecular weight is 199 g/mol. The van der Waals surface area contributed by atoms with E-state index in [0.29, 0.717) is 0 Å². The molecule has 0 fully saturated rings. The van der Waals surface area contributed by atoms with E-state index in [1.807, 2.05) is 6.07 Å². The van der Waals surface area contributed by atoms with Crippen molar-refractivity contribution in [3.8, 4) is 0 Å².